The highest BCUT2D eigenvalue weighted by molar-refractivity contribution is 6.35. The monoisotopic (exact) mass is 291 g/mol. The lowest BCUT2D eigenvalue weighted by atomic mass is 10.1. The van der Waals surface area contributed by atoms with Gasteiger partial charge in [0.15, 0.2) is 0 Å². The Bertz CT molecular complexity index is 515. The van der Waals surface area contributed by atoms with Gasteiger partial charge in [0.2, 0.25) is 0 Å². The number of nitrogens with one attached hydrogen (secondary N) is 1. The van der Waals surface area contributed by atoms with Crippen molar-refractivity contribution in [1.82, 2.24) is 4.98 Å². The summed E-state index contributed by atoms with van der Waals surface area (Å²) in [6.45, 7) is 2.27. The predicted octanol–water partition coefficient (Wildman–Crippen LogP) is 6.50. The number of H-pyrrole nitrogens is 1. The number of halogens is 1. The molecule has 2 rings (SSSR count). The van der Waals surface area contributed by atoms with Gasteiger partial charge in [0.1, 0.15) is 0 Å². The second kappa shape index (κ2) is 8.36. The van der Waals surface area contributed by atoms with Crippen molar-refractivity contribution in [2.24, 2.45) is 0 Å². The summed E-state index contributed by atoms with van der Waals surface area (Å²) in [5, 5.41) is 2.00. The van der Waals surface area contributed by atoms with Crippen LogP contribution < -0.4 is 0 Å². The van der Waals surface area contributed by atoms with Crippen molar-refractivity contribution in [3.63, 3.8) is 0 Å². The Morgan fingerprint density at radius 3 is 2.35 bits per heavy atom. The molecular formula is C18H26ClN. The highest BCUT2D eigenvalue weighted by atomic mass is 35.5. The van der Waals surface area contributed by atoms with Crippen LogP contribution in [0, 0.1) is 0 Å². The predicted molar refractivity (Wildman–Crippen MR) is 89.6 cm³/mol. The summed E-state index contributed by atoms with van der Waals surface area (Å²) in [4.78, 5) is 3.47. The summed E-state index contributed by atoms with van der Waals surface area (Å²) in [6.07, 6.45) is 12.1. The van der Waals surface area contributed by atoms with Crippen LogP contribution in [0.15, 0.2) is 24.3 Å². The first-order valence-electron chi connectivity index (χ1n) is 8.07. The molecule has 0 atom stereocenters. The number of benzene rings is 1. The molecule has 0 aliphatic heterocycles. The maximum Gasteiger partial charge on any atom is 0.0499 e. The molecule has 0 unspecified atom stereocenters. The second-order valence-corrected chi connectivity index (χ2v) is 6.13. The molecule has 1 aromatic heterocycles. The number of aromatic amines is 1. The Kier molecular flexibility index (Phi) is 6.46. The van der Waals surface area contributed by atoms with E-state index < -0.39 is 0 Å². The lowest BCUT2D eigenvalue weighted by Gasteiger charge is -2.01. The van der Waals surface area contributed by atoms with E-state index >= 15 is 0 Å². The van der Waals surface area contributed by atoms with Crippen molar-refractivity contribution in [3.8, 4) is 0 Å². The molecule has 0 fully saturated rings. The van der Waals surface area contributed by atoms with Crippen LogP contribution in [0.5, 0.6) is 0 Å². The molecule has 1 aromatic carbocycles. The van der Waals surface area contributed by atoms with Crippen LogP contribution in [0.3, 0.4) is 0 Å². The van der Waals surface area contributed by atoms with E-state index in [4.69, 9.17) is 11.6 Å². The van der Waals surface area contributed by atoms with Crippen molar-refractivity contribution in [2.45, 2.75) is 64.7 Å². The summed E-state index contributed by atoms with van der Waals surface area (Å²) >= 11 is 6.19. The van der Waals surface area contributed by atoms with Gasteiger partial charge in [-0.05, 0) is 31.0 Å². The maximum absolute atomic E-state index is 6.19. The highest BCUT2D eigenvalue weighted by Gasteiger charge is 2.03. The lowest BCUT2D eigenvalue weighted by molar-refractivity contribution is 0.574. The SMILES string of the molecule is CCCCCCCCCCc1cc2c(Cl)cccc2[nH]1. The fourth-order valence-corrected chi connectivity index (χ4v) is 2.99. The molecule has 0 spiro atoms. The van der Waals surface area contributed by atoms with E-state index in [0.29, 0.717) is 0 Å². The molecule has 2 aromatic rings. The number of unbranched alkanes of at least 4 members (excludes halogenated alkanes) is 7. The van der Waals surface area contributed by atoms with Gasteiger partial charge >= 0.3 is 0 Å². The Labute approximate surface area is 127 Å². The number of fused-ring (bicyclic) bond motifs is 1. The van der Waals surface area contributed by atoms with Gasteiger partial charge in [-0.15, -0.1) is 0 Å². The third kappa shape index (κ3) is 4.56. The second-order valence-electron chi connectivity index (χ2n) is 5.72. The molecule has 2 heteroatoms. The summed E-state index contributed by atoms with van der Waals surface area (Å²) in [5.41, 5.74) is 2.48. The van der Waals surface area contributed by atoms with Crippen LogP contribution in [0.2, 0.25) is 5.02 Å². The normalized spacial score (nSPS) is 11.3. The minimum atomic E-state index is 0.848. The van der Waals surface area contributed by atoms with Crippen LogP contribution in [0.4, 0.5) is 0 Å². The number of aromatic nitrogens is 1. The zero-order chi connectivity index (χ0) is 14.2. The molecule has 0 amide bonds. The number of hydrogen-bond acceptors (Lipinski definition) is 0. The summed E-state index contributed by atoms with van der Waals surface area (Å²) in [6, 6.07) is 8.26. The number of rotatable bonds is 9. The first kappa shape index (κ1) is 15.4. The third-order valence-electron chi connectivity index (χ3n) is 3.97. The molecular weight excluding hydrogens is 266 g/mol. The van der Waals surface area contributed by atoms with Gasteiger partial charge in [0.25, 0.3) is 0 Å². The van der Waals surface area contributed by atoms with Crippen LogP contribution in [-0.2, 0) is 6.42 Å². The fourth-order valence-electron chi connectivity index (χ4n) is 2.76. The fraction of sp³-hybridized carbons (Fsp3) is 0.556. The van der Waals surface area contributed by atoms with Gasteiger partial charge in [0.05, 0.1) is 0 Å². The van der Waals surface area contributed by atoms with Gasteiger partial charge in [0, 0.05) is 21.6 Å². The quantitative estimate of drug-likeness (QED) is 0.507. The average molecular weight is 292 g/mol. The molecule has 0 bridgehead atoms. The molecule has 0 aliphatic rings. The standard InChI is InChI=1S/C18H26ClN/c1-2-3-4-5-6-7-8-9-11-15-14-16-17(19)12-10-13-18(16)20-15/h10,12-14,20H,2-9,11H2,1H3. The molecule has 1 heterocycles. The lowest BCUT2D eigenvalue weighted by Crippen LogP contribution is -1.86. The Balaban J connectivity index is 1.67. The van der Waals surface area contributed by atoms with Gasteiger partial charge in [-0.2, -0.15) is 0 Å². The summed E-state index contributed by atoms with van der Waals surface area (Å²) in [5.74, 6) is 0. The first-order chi connectivity index (χ1) is 9.81. The smallest absolute Gasteiger partial charge is 0.0499 e. The van der Waals surface area contributed by atoms with E-state index in [1.165, 1.54) is 57.1 Å². The van der Waals surface area contributed by atoms with E-state index in [-0.39, 0.29) is 0 Å². The zero-order valence-electron chi connectivity index (χ0n) is 12.6. The van der Waals surface area contributed by atoms with E-state index in [2.05, 4.69) is 24.0 Å². The van der Waals surface area contributed by atoms with Crippen molar-refractivity contribution < 1.29 is 0 Å². The molecule has 0 aliphatic carbocycles. The van der Waals surface area contributed by atoms with E-state index in [0.717, 1.165) is 22.3 Å². The number of hydrogen-bond donors (Lipinski definition) is 1. The Morgan fingerprint density at radius 1 is 0.950 bits per heavy atom. The Morgan fingerprint density at radius 2 is 1.65 bits per heavy atom. The van der Waals surface area contributed by atoms with Crippen molar-refractivity contribution in [1.29, 1.82) is 0 Å². The van der Waals surface area contributed by atoms with E-state index in [9.17, 15) is 0 Å². The average Bonchev–Trinajstić information content (AvgIpc) is 2.86. The van der Waals surface area contributed by atoms with Gasteiger partial charge in [-0.3, -0.25) is 0 Å². The van der Waals surface area contributed by atoms with E-state index in [1.54, 1.807) is 0 Å². The molecule has 0 saturated heterocycles. The van der Waals surface area contributed by atoms with Crippen molar-refractivity contribution in [3.05, 3.63) is 35.0 Å². The highest BCUT2D eigenvalue weighted by Crippen LogP contribution is 2.24. The Hall–Kier alpha value is -0.950. The zero-order valence-corrected chi connectivity index (χ0v) is 13.3. The van der Waals surface area contributed by atoms with Crippen LogP contribution in [0.25, 0.3) is 10.9 Å². The number of aryl methyl sites for hydroxylation is 1. The molecule has 1 N–H and O–H groups in total. The molecule has 1 nitrogen and oxygen atoms in total. The topological polar surface area (TPSA) is 15.8 Å². The van der Waals surface area contributed by atoms with Crippen LogP contribution in [-0.4, -0.2) is 4.98 Å². The molecule has 0 radical (unpaired) electrons. The van der Waals surface area contributed by atoms with Crippen molar-refractivity contribution >= 4 is 22.5 Å². The third-order valence-corrected chi connectivity index (χ3v) is 4.30. The van der Waals surface area contributed by atoms with E-state index in [1.807, 2.05) is 12.1 Å². The molecule has 0 saturated carbocycles. The molecule has 20 heavy (non-hydrogen) atoms. The van der Waals surface area contributed by atoms with Gasteiger partial charge in [-0.1, -0.05) is 69.5 Å². The van der Waals surface area contributed by atoms with Crippen molar-refractivity contribution in [2.75, 3.05) is 0 Å². The maximum atomic E-state index is 6.19. The summed E-state index contributed by atoms with van der Waals surface area (Å²) < 4.78 is 0. The largest absolute Gasteiger partial charge is 0.358 e. The van der Waals surface area contributed by atoms with Crippen LogP contribution >= 0.6 is 11.6 Å². The van der Waals surface area contributed by atoms with Gasteiger partial charge in [-0.25, -0.2) is 0 Å². The van der Waals surface area contributed by atoms with Crippen LogP contribution in [0.1, 0.15) is 64.0 Å². The van der Waals surface area contributed by atoms with Gasteiger partial charge < -0.3 is 4.98 Å². The first-order valence-corrected chi connectivity index (χ1v) is 8.45. The molecule has 110 valence electrons. The minimum Gasteiger partial charge on any atom is -0.358 e. The minimum absolute atomic E-state index is 0.848. The summed E-state index contributed by atoms with van der Waals surface area (Å²) in [7, 11) is 0.